The molecule has 13 heteroatoms. The Kier molecular flexibility index (Phi) is 29.5. The lowest BCUT2D eigenvalue weighted by molar-refractivity contribution is 0.315. The third-order valence-corrected chi connectivity index (χ3v) is 4.77. The summed E-state index contributed by atoms with van der Waals surface area (Å²) < 4.78 is 23.6. The average molecular weight is 435 g/mol. The summed E-state index contributed by atoms with van der Waals surface area (Å²) in [5.41, 5.74) is 0. The predicted molar refractivity (Wildman–Crippen MR) is 111 cm³/mol. The van der Waals surface area contributed by atoms with E-state index in [9.17, 15) is 8.42 Å². The van der Waals surface area contributed by atoms with Crippen LogP contribution in [0.15, 0.2) is 9.98 Å². The predicted octanol–water partition coefficient (Wildman–Crippen LogP) is 1.87. The van der Waals surface area contributed by atoms with E-state index < -0.39 is 16.1 Å². The number of hydrogen-bond acceptors (Lipinski definition) is 12. The zero-order valence-corrected chi connectivity index (χ0v) is 16.9. The third kappa shape index (κ3) is 23.9. The zero-order valence-electron chi connectivity index (χ0n) is 12.7. The molecule has 0 atom stereocenters. The first kappa shape index (κ1) is 31.4. The molecule has 0 saturated heterocycles. The molecule has 0 aliphatic heterocycles. The molecule has 0 heterocycles. The van der Waals surface area contributed by atoms with Gasteiger partial charge in [-0.3, -0.25) is 4.18 Å². The normalized spacial score (nSPS) is 10.7. The molecule has 0 unspecified atom stereocenters. The molecule has 24 heavy (non-hydrogen) atoms. The largest absolute Gasteiger partial charge is 0.378 e. The molecule has 0 bridgehead atoms. The Balaban J connectivity index is -0.000000123. The van der Waals surface area contributed by atoms with Crippen molar-refractivity contribution < 1.29 is 17.7 Å². The molecule has 1 N–H and O–H groups in total. The van der Waals surface area contributed by atoms with Gasteiger partial charge in [0.05, 0.1) is 17.2 Å². The fourth-order valence-corrected chi connectivity index (χ4v) is 2.00. The summed E-state index contributed by atoms with van der Waals surface area (Å²) >= 11 is 10.7. The molecule has 0 aromatic rings. The number of thioether (sulfide) groups is 2. The van der Waals surface area contributed by atoms with E-state index >= 15 is 0 Å². The van der Waals surface area contributed by atoms with Gasteiger partial charge in [-0.15, -0.1) is 23.5 Å². The Morgan fingerprint density at radius 2 is 1.46 bits per heavy atom. The first-order chi connectivity index (χ1) is 10.8. The van der Waals surface area contributed by atoms with Crippen LogP contribution in [0.25, 0.3) is 0 Å². The van der Waals surface area contributed by atoms with Crippen LogP contribution in [-0.2, 0) is 14.3 Å². The van der Waals surface area contributed by atoms with E-state index in [0.717, 1.165) is 17.2 Å². The minimum atomic E-state index is -3.60. The van der Waals surface area contributed by atoms with Crippen LogP contribution in [-0.4, -0.2) is 60.7 Å². The molecule has 0 aliphatic rings. The molecular formula is C11H22N4O4S5. The van der Waals surface area contributed by atoms with Crippen molar-refractivity contribution in [3.8, 4) is 12.4 Å². The summed E-state index contributed by atoms with van der Waals surface area (Å²) in [6.07, 6.45) is 7.11. The van der Waals surface area contributed by atoms with E-state index in [2.05, 4.69) is 39.4 Å². The van der Waals surface area contributed by atoms with Crippen molar-refractivity contribution in [1.29, 1.82) is 10.5 Å². The lowest BCUT2D eigenvalue weighted by atomic mass is 10.8. The molecule has 0 rings (SSSR count). The lowest BCUT2D eigenvalue weighted by Gasteiger charge is -1.90. The first-order valence-electron chi connectivity index (χ1n) is 5.42. The maximum atomic E-state index is 9.90. The monoisotopic (exact) mass is 434 g/mol. The summed E-state index contributed by atoms with van der Waals surface area (Å²) in [6.45, 7) is 0. The lowest BCUT2D eigenvalue weighted by Crippen LogP contribution is -2.05. The number of nitrogens with zero attached hydrogens (tertiary/aromatic N) is 4. The van der Waals surface area contributed by atoms with Gasteiger partial charge in [-0.1, -0.05) is 7.43 Å². The van der Waals surface area contributed by atoms with Gasteiger partial charge in [0.2, 0.25) is 12.4 Å². The number of thiol groups is 2. The highest BCUT2D eigenvalue weighted by molar-refractivity contribution is 8.14. The number of hydrogen-bond donors (Lipinski definition) is 3. The van der Waals surface area contributed by atoms with Crippen LogP contribution < -0.4 is 0 Å². The quantitative estimate of drug-likeness (QED) is 0.200. The SMILES string of the molecule is C.COS(=O)(=O)CO.CSC(CS)=NC#N.CSC(CS)=NC#N. The molecule has 0 saturated carbocycles. The van der Waals surface area contributed by atoms with Crippen LogP contribution in [0.3, 0.4) is 0 Å². The van der Waals surface area contributed by atoms with Crippen LogP contribution in [0, 0.1) is 22.9 Å². The van der Waals surface area contributed by atoms with Gasteiger partial charge in [0.15, 0.2) is 5.94 Å². The highest BCUT2D eigenvalue weighted by Gasteiger charge is 2.01. The average Bonchev–Trinajstić information content (AvgIpc) is 2.58. The van der Waals surface area contributed by atoms with Crippen LogP contribution in [0.4, 0.5) is 0 Å². The summed E-state index contributed by atoms with van der Waals surface area (Å²) in [7, 11) is -2.61. The molecule has 8 nitrogen and oxygen atoms in total. The summed E-state index contributed by atoms with van der Waals surface area (Å²) in [5.74, 6) is 0.146. The molecule has 0 aromatic heterocycles. The molecule has 0 amide bonds. The van der Waals surface area contributed by atoms with Gasteiger partial charge in [0.25, 0.3) is 10.1 Å². The van der Waals surface area contributed by atoms with Crippen molar-refractivity contribution in [2.45, 2.75) is 7.43 Å². The number of nitriles is 2. The molecule has 140 valence electrons. The molecular weight excluding hydrogens is 412 g/mol. The van der Waals surface area contributed by atoms with Gasteiger partial charge in [-0.25, -0.2) is 0 Å². The van der Waals surface area contributed by atoms with E-state index in [-0.39, 0.29) is 7.43 Å². The van der Waals surface area contributed by atoms with E-state index in [1.807, 2.05) is 12.5 Å². The Labute approximate surface area is 163 Å². The molecule has 0 fully saturated rings. The van der Waals surface area contributed by atoms with Crippen LogP contribution >= 0.6 is 48.8 Å². The Morgan fingerprint density at radius 1 is 1.12 bits per heavy atom. The Hall–Kier alpha value is -0.410. The number of aliphatic imine (C=N–C) groups is 2. The molecule has 0 radical (unpaired) electrons. The van der Waals surface area contributed by atoms with Gasteiger partial charge in [-0.2, -0.15) is 54.2 Å². The van der Waals surface area contributed by atoms with Crippen molar-refractivity contribution in [2.75, 3.05) is 37.1 Å². The maximum Gasteiger partial charge on any atom is 0.291 e. The fourth-order valence-electron chi connectivity index (χ4n) is 0.455. The molecule has 0 aromatic carbocycles. The van der Waals surface area contributed by atoms with Gasteiger partial charge < -0.3 is 5.11 Å². The van der Waals surface area contributed by atoms with Gasteiger partial charge in [0.1, 0.15) is 0 Å². The molecule has 0 aliphatic carbocycles. The van der Waals surface area contributed by atoms with E-state index in [1.54, 1.807) is 12.4 Å². The summed E-state index contributed by atoms with van der Waals surface area (Å²) in [6, 6.07) is 0. The van der Waals surface area contributed by atoms with Crippen molar-refractivity contribution in [2.24, 2.45) is 9.98 Å². The minimum absolute atomic E-state index is 0. The van der Waals surface area contributed by atoms with E-state index in [4.69, 9.17) is 15.6 Å². The second-order valence-electron chi connectivity index (χ2n) is 2.79. The molecule has 0 spiro atoms. The standard InChI is InChI=1S/2C4H6N2S2.C2H6O4S.CH4/c2*1-8-4(2-7)6-3-5;1-6-7(4,5)2-3;/h2*7H,2H2,1H3;3H,2H2,1H3;1H4. The third-order valence-electron chi connectivity index (χ3n) is 1.50. The number of aliphatic hydroxyl groups is 1. The summed E-state index contributed by atoms with van der Waals surface area (Å²) in [5, 5.41) is 25.4. The fraction of sp³-hybridized carbons (Fsp3) is 0.636. The highest BCUT2D eigenvalue weighted by atomic mass is 32.2. The second-order valence-corrected chi connectivity index (χ2v) is 6.89. The summed E-state index contributed by atoms with van der Waals surface area (Å²) in [4.78, 5) is 6.94. The van der Waals surface area contributed by atoms with Crippen molar-refractivity contribution >= 4 is 69.0 Å². The first-order valence-corrected chi connectivity index (χ1v) is 10.7. The van der Waals surface area contributed by atoms with E-state index in [0.29, 0.717) is 11.5 Å². The highest BCUT2D eigenvalue weighted by Crippen LogP contribution is 1.99. The van der Waals surface area contributed by atoms with Crippen molar-refractivity contribution in [3.05, 3.63) is 0 Å². The number of aliphatic hydroxyl groups excluding tert-OH is 1. The van der Waals surface area contributed by atoms with Gasteiger partial charge in [-0.05, 0) is 12.5 Å². The topological polar surface area (TPSA) is 136 Å². The van der Waals surface area contributed by atoms with Crippen molar-refractivity contribution in [1.82, 2.24) is 0 Å². The second kappa shape index (κ2) is 22.6. The van der Waals surface area contributed by atoms with Crippen LogP contribution in [0.2, 0.25) is 0 Å². The van der Waals surface area contributed by atoms with Gasteiger partial charge in [0, 0.05) is 11.5 Å². The van der Waals surface area contributed by atoms with Crippen LogP contribution in [0.1, 0.15) is 7.43 Å². The Morgan fingerprint density at radius 3 is 1.50 bits per heavy atom. The Bertz CT molecular complexity index is 484. The number of rotatable bonds is 4. The van der Waals surface area contributed by atoms with Gasteiger partial charge >= 0.3 is 0 Å². The van der Waals surface area contributed by atoms with E-state index in [1.165, 1.54) is 23.5 Å². The smallest absolute Gasteiger partial charge is 0.291 e. The van der Waals surface area contributed by atoms with Crippen molar-refractivity contribution in [3.63, 3.8) is 0 Å². The minimum Gasteiger partial charge on any atom is -0.378 e. The zero-order chi connectivity index (χ0) is 18.7. The van der Waals surface area contributed by atoms with Crippen LogP contribution in [0.5, 0.6) is 0 Å². The maximum absolute atomic E-state index is 9.90.